The van der Waals surface area contributed by atoms with Gasteiger partial charge in [0.25, 0.3) is 0 Å². The van der Waals surface area contributed by atoms with Crippen molar-refractivity contribution in [3.8, 4) is 0 Å². The van der Waals surface area contributed by atoms with E-state index < -0.39 is 15.2 Å². The fourth-order valence-electron chi connectivity index (χ4n) is 3.32. The van der Waals surface area contributed by atoms with E-state index in [-0.39, 0.29) is 11.7 Å². The highest BCUT2D eigenvalue weighted by atomic mass is 32.2. The van der Waals surface area contributed by atoms with Crippen molar-refractivity contribution in [1.82, 2.24) is 14.5 Å². The number of nitrogens with zero attached hydrogens (tertiary/aromatic N) is 3. The predicted octanol–water partition coefficient (Wildman–Crippen LogP) is 1.64. The van der Waals surface area contributed by atoms with Crippen molar-refractivity contribution in [2.75, 3.05) is 19.0 Å². The number of fused-ring (bicyclic) bond motifs is 1. The summed E-state index contributed by atoms with van der Waals surface area (Å²) in [6, 6.07) is 3.72. The maximum absolute atomic E-state index is 12.4. The van der Waals surface area contributed by atoms with E-state index in [0.717, 1.165) is 17.8 Å². The molecule has 0 radical (unpaired) electrons. The predicted molar refractivity (Wildman–Crippen MR) is 77.8 cm³/mol. The highest BCUT2D eigenvalue weighted by Crippen LogP contribution is 2.37. The van der Waals surface area contributed by atoms with Crippen LogP contribution in [0.5, 0.6) is 0 Å². The number of sulfone groups is 1. The van der Waals surface area contributed by atoms with Gasteiger partial charge in [-0.15, -0.1) is 0 Å². The van der Waals surface area contributed by atoms with Crippen LogP contribution in [-0.4, -0.2) is 41.9 Å². The number of aromatic nitrogens is 3. The largest absolute Gasteiger partial charge is 0.381 e. The first-order valence-electron chi connectivity index (χ1n) is 7.29. The minimum absolute atomic E-state index is 0.162. The average molecular weight is 307 g/mol. The van der Waals surface area contributed by atoms with Gasteiger partial charge in [-0.25, -0.2) is 18.4 Å². The molecule has 2 aromatic rings. The van der Waals surface area contributed by atoms with Crippen LogP contribution in [0.15, 0.2) is 18.3 Å². The number of hydrogen-bond donors (Lipinski definition) is 0. The molecule has 4 heterocycles. The molecule has 2 aliphatic rings. The Hall–Kier alpha value is -1.47. The van der Waals surface area contributed by atoms with Crippen molar-refractivity contribution in [2.45, 2.75) is 30.6 Å². The quantitative estimate of drug-likeness (QED) is 0.843. The van der Waals surface area contributed by atoms with Crippen molar-refractivity contribution < 1.29 is 13.2 Å². The van der Waals surface area contributed by atoms with Crippen LogP contribution in [0.4, 0.5) is 0 Å². The summed E-state index contributed by atoms with van der Waals surface area (Å²) in [4.78, 5) is 9.04. The van der Waals surface area contributed by atoms with Crippen LogP contribution in [0.1, 0.15) is 36.4 Å². The summed E-state index contributed by atoms with van der Waals surface area (Å²) in [5, 5.41) is -0.520. The molecule has 7 heteroatoms. The molecule has 0 amide bonds. The fourth-order valence-corrected chi connectivity index (χ4v) is 5.22. The van der Waals surface area contributed by atoms with Crippen LogP contribution in [0.2, 0.25) is 0 Å². The summed E-state index contributed by atoms with van der Waals surface area (Å²) in [7, 11) is -3.11. The minimum Gasteiger partial charge on any atom is -0.381 e. The lowest BCUT2D eigenvalue weighted by molar-refractivity contribution is 0.192. The van der Waals surface area contributed by atoms with Gasteiger partial charge in [0.05, 0.1) is 12.4 Å². The normalized spacial score (nSPS) is 28.4. The second kappa shape index (κ2) is 4.78. The molecule has 6 nitrogen and oxygen atoms in total. The third-order valence-corrected chi connectivity index (χ3v) is 6.49. The first-order chi connectivity index (χ1) is 10.2. The van der Waals surface area contributed by atoms with Crippen molar-refractivity contribution in [1.29, 1.82) is 0 Å². The number of pyridine rings is 1. The van der Waals surface area contributed by atoms with Crippen molar-refractivity contribution in [2.24, 2.45) is 0 Å². The van der Waals surface area contributed by atoms with E-state index in [1.807, 2.05) is 16.7 Å². The van der Waals surface area contributed by atoms with Crippen LogP contribution in [0.3, 0.4) is 0 Å². The van der Waals surface area contributed by atoms with Crippen LogP contribution in [0.25, 0.3) is 11.2 Å². The molecule has 2 aromatic heterocycles. The maximum Gasteiger partial charge on any atom is 0.171 e. The maximum atomic E-state index is 12.4. The van der Waals surface area contributed by atoms with Crippen molar-refractivity contribution in [3.05, 3.63) is 24.2 Å². The molecular formula is C14H17N3O3S. The standard InChI is InChI=1S/C14H17N3O3S/c18-21(19)8-2-4-12(21)17-13(10-5-7-20-9-10)16-11-3-1-6-15-14(11)17/h1,3,6,10,12H,2,4-5,7-9H2. The van der Waals surface area contributed by atoms with Gasteiger partial charge in [-0.2, -0.15) is 0 Å². The van der Waals surface area contributed by atoms with E-state index in [1.165, 1.54) is 0 Å². The number of ether oxygens (including phenoxy) is 1. The molecule has 2 unspecified atom stereocenters. The molecule has 0 bridgehead atoms. The monoisotopic (exact) mass is 307 g/mol. The fraction of sp³-hybridized carbons (Fsp3) is 0.571. The van der Waals surface area contributed by atoms with E-state index in [1.54, 1.807) is 6.20 Å². The molecule has 4 rings (SSSR count). The van der Waals surface area contributed by atoms with E-state index >= 15 is 0 Å². The van der Waals surface area contributed by atoms with Gasteiger partial charge in [0.2, 0.25) is 0 Å². The second-order valence-electron chi connectivity index (χ2n) is 5.71. The molecule has 0 aliphatic carbocycles. The highest BCUT2D eigenvalue weighted by Gasteiger charge is 2.37. The average Bonchev–Trinajstić information content (AvgIpc) is 3.15. The lowest BCUT2D eigenvalue weighted by atomic mass is 10.1. The Kier molecular flexibility index (Phi) is 3.00. The van der Waals surface area contributed by atoms with E-state index in [2.05, 4.69) is 9.97 Å². The zero-order valence-corrected chi connectivity index (χ0v) is 12.4. The van der Waals surface area contributed by atoms with E-state index in [0.29, 0.717) is 31.7 Å². The number of imidazole rings is 1. The van der Waals surface area contributed by atoms with Gasteiger partial charge in [-0.05, 0) is 31.4 Å². The second-order valence-corrected chi connectivity index (χ2v) is 7.99. The van der Waals surface area contributed by atoms with Gasteiger partial charge in [-0.1, -0.05) is 0 Å². The molecule has 2 saturated heterocycles. The number of rotatable bonds is 2. The Morgan fingerprint density at radius 1 is 1.33 bits per heavy atom. The molecule has 2 aliphatic heterocycles. The Morgan fingerprint density at radius 3 is 2.95 bits per heavy atom. The molecule has 0 N–H and O–H groups in total. The van der Waals surface area contributed by atoms with Crippen LogP contribution < -0.4 is 0 Å². The van der Waals surface area contributed by atoms with Gasteiger partial charge >= 0.3 is 0 Å². The summed E-state index contributed by atoms with van der Waals surface area (Å²) in [6.07, 6.45) is 3.93. The molecule has 2 atom stereocenters. The summed E-state index contributed by atoms with van der Waals surface area (Å²) in [5.41, 5.74) is 1.44. The lowest BCUT2D eigenvalue weighted by Crippen LogP contribution is -2.20. The highest BCUT2D eigenvalue weighted by molar-refractivity contribution is 7.91. The van der Waals surface area contributed by atoms with E-state index in [9.17, 15) is 8.42 Å². The first kappa shape index (κ1) is 13.2. The first-order valence-corrected chi connectivity index (χ1v) is 9.00. The van der Waals surface area contributed by atoms with Gasteiger partial charge < -0.3 is 4.74 Å². The lowest BCUT2D eigenvalue weighted by Gasteiger charge is -2.17. The van der Waals surface area contributed by atoms with Crippen LogP contribution >= 0.6 is 0 Å². The van der Waals surface area contributed by atoms with E-state index in [4.69, 9.17) is 4.74 Å². The molecule has 112 valence electrons. The third kappa shape index (κ3) is 2.06. The van der Waals surface area contributed by atoms with Crippen LogP contribution in [-0.2, 0) is 14.6 Å². The summed E-state index contributed by atoms with van der Waals surface area (Å²) < 4.78 is 32.0. The molecule has 0 aromatic carbocycles. The molecule has 2 fully saturated rings. The van der Waals surface area contributed by atoms with Crippen molar-refractivity contribution in [3.63, 3.8) is 0 Å². The topological polar surface area (TPSA) is 74.1 Å². The smallest absolute Gasteiger partial charge is 0.171 e. The molecule has 0 spiro atoms. The van der Waals surface area contributed by atoms with Gasteiger partial charge in [-0.3, -0.25) is 4.57 Å². The Balaban J connectivity index is 1.94. The molecular weight excluding hydrogens is 290 g/mol. The molecule has 0 saturated carbocycles. The zero-order valence-electron chi connectivity index (χ0n) is 11.6. The number of hydrogen-bond acceptors (Lipinski definition) is 5. The Labute approximate surface area is 123 Å². The van der Waals surface area contributed by atoms with Gasteiger partial charge in [0.15, 0.2) is 15.5 Å². The van der Waals surface area contributed by atoms with Gasteiger partial charge in [0.1, 0.15) is 16.7 Å². The Morgan fingerprint density at radius 2 is 2.24 bits per heavy atom. The molecule has 21 heavy (non-hydrogen) atoms. The SMILES string of the molecule is O=S1(=O)CCCC1n1c(C2CCOC2)nc2cccnc21. The zero-order chi connectivity index (χ0) is 14.4. The van der Waals surface area contributed by atoms with Crippen molar-refractivity contribution >= 4 is 21.0 Å². The third-order valence-electron chi connectivity index (χ3n) is 4.35. The Bertz CT molecular complexity index is 778. The summed E-state index contributed by atoms with van der Waals surface area (Å²) in [6.45, 7) is 1.31. The minimum atomic E-state index is -3.11. The van der Waals surface area contributed by atoms with Gasteiger partial charge in [0, 0.05) is 18.7 Å². The van der Waals surface area contributed by atoms with Crippen LogP contribution in [0, 0.1) is 0 Å². The summed E-state index contributed by atoms with van der Waals surface area (Å²) >= 11 is 0. The summed E-state index contributed by atoms with van der Waals surface area (Å²) in [5.74, 6) is 1.23.